The summed E-state index contributed by atoms with van der Waals surface area (Å²) in [4.78, 5) is 10.9. The van der Waals surface area contributed by atoms with E-state index in [1.165, 1.54) is 5.56 Å². The molecule has 0 radical (unpaired) electrons. The van der Waals surface area contributed by atoms with Crippen LogP contribution < -0.4 is 9.64 Å². The van der Waals surface area contributed by atoms with Gasteiger partial charge in [-0.1, -0.05) is 18.2 Å². The van der Waals surface area contributed by atoms with Gasteiger partial charge in [0.15, 0.2) is 0 Å². The van der Waals surface area contributed by atoms with Crippen molar-refractivity contribution in [2.24, 2.45) is 0 Å². The average Bonchev–Trinajstić information content (AvgIpc) is 2.59. The number of hydrogen-bond donors (Lipinski definition) is 0. The number of ether oxygens (including phenoxy) is 1. The van der Waals surface area contributed by atoms with Crippen LogP contribution in [0, 0.1) is 6.92 Å². The lowest BCUT2D eigenvalue weighted by Crippen LogP contribution is -2.29. The first-order valence-corrected chi connectivity index (χ1v) is 6.54. The van der Waals surface area contributed by atoms with Gasteiger partial charge in [-0.15, -0.1) is 0 Å². The van der Waals surface area contributed by atoms with Crippen molar-refractivity contribution in [3.63, 3.8) is 0 Å². The zero-order valence-electron chi connectivity index (χ0n) is 11.2. The molecule has 4 heteroatoms. The van der Waals surface area contributed by atoms with E-state index in [9.17, 15) is 0 Å². The fourth-order valence-electron chi connectivity index (χ4n) is 2.49. The number of fused-ring (bicyclic) bond motifs is 1. The highest BCUT2D eigenvalue weighted by molar-refractivity contribution is 5.46. The average molecular weight is 255 g/mol. The highest BCUT2D eigenvalue weighted by Gasteiger charge is 2.23. The Morgan fingerprint density at radius 2 is 2.11 bits per heavy atom. The van der Waals surface area contributed by atoms with Crippen LogP contribution in [0.1, 0.15) is 24.4 Å². The van der Waals surface area contributed by atoms with Gasteiger partial charge in [0, 0.05) is 11.8 Å². The first kappa shape index (κ1) is 12.0. The third kappa shape index (κ3) is 2.26. The fourth-order valence-corrected chi connectivity index (χ4v) is 2.49. The van der Waals surface area contributed by atoms with Crippen molar-refractivity contribution in [1.29, 1.82) is 0 Å². The summed E-state index contributed by atoms with van der Waals surface area (Å²) in [6.07, 6.45) is 1.81. The number of anilines is 1. The Hall–Kier alpha value is -2.10. The van der Waals surface area contributed by atoms with E-state index in [2.05, 4.69) is 27.9 Å². The van der Waals surface area contributed by atoms with Crippen LogP contribution in [0.3, 0.4) is 0 Å². The van der Waals surface area contributed by atoms with Crippen molar-refractivity contribution in [2.75, 3.05) is 18.1 Å². The molecule has 1 aromatic carbocycles. The van der Waals surface area contributed by atoms with E-state index in [4.69, 9.17) is 4.74 Å². The predicted octanol–water partition coefficient (Wildman–Crippen LogP) is 2.75. The minimum atomic E-state index is 0.244. The van der Waals surface area contributed by atoms with Crippen LogP contribution >= 0.6 is 0 Å². The van der Waals surface area contributed by atoms with Crippen LogP contribution in [0.2, 0.25) is 0 Å². The van der Waals surface area contributed by atoms with Gasteiger partial charge in [0.1, 0.15) is 24.0 Å². The molecule has 2 aromatic rings. The minimum Gasteiger partial charge on any atom is -0.491 e. The molecule has 1 aromatic heterocycles. The Morgan fingerprint density at radius 1 is 1.26 bits per heavy atom. The van der Waals surface area contributed by atoms with Crippen molar-refractivity contribution in [1.82, 2.24) is 9.97 Å². The quantitative estimate of drug-likeness (QED) is 0.785. The minimum absolute atomic E-state index is 0.244. The Bertz CT molecular complexity index is 585. The zero-order valence-corrected chi connectivity index (χ0v) is 11.2. The maximum atomic E-state index is 5.82. The second-order valence-electron chi connectivity index (χ2n) is 4.72. The molecule has 0 N–H and O–H groups in total. The second-order valence-corrected chi connectivity index (χ2v) is 4.72. The van der Waals surface area contributed by atoms with E-state index in [1.807, 2.05) is 37.4 Å². The molecule has 1 aliphatic rings. The number of para-hydroxylation sites is 1. The molecule has 19 heavy (non-hydrogen) atoms. The first-order valence-electron chi connectivity index (χ1n) is 6.54. The summed E-state index contributed by atoms with van der Waals surface area (Å²) in [6.45, 7) is 5.60. The molecule has 3 rings (SSSR count). The van der Waals surface area contributed by atoms with Crippen molar-refractivity contribution in [3.8, 4) is 5.75 Å². The molecule has 98 valence electrons. The van der Waals surface area contributed by atoms with Gasteiger partial charge in [0.25, 0.3) is 0 Å². The third-order valence-corrected chi connectivity index (χ3v) is 3.48. The monoisotopic (exact) mass is 255 g/mol. The van der Waals surface area contributed by atoms with Crippen molar-refractivity contribution in [3.05, 3.63) is 47.9 Å². The van der Waals surface area contributed by atoms with Gasteiger partial charge in [-0.2, -0.15) is 0 Å². The standard InChI is InChI=1S/C15H17N3O/c1-11-13-5-3-4-6-14(13)19-10-9-18(11)15-7-8-16-12(2)17-15/h3-8,11H,9-10H2,1-2H3. The van der Waals surface area contributed by atoms with Gasteiger partial charge in [-0.3, -0.25) is 0 Å². The fraction of sp³-hybridized carbons (Fsp3) is 0.333. The molecule has 0 saturated heterocycles. The number of nitrogens with zero attached hydrogens (tertiary/aromatic N) is 3. The molecule has 0 saturated carbocycles. The van der Waals surface area contributed by atoms with Gasteiger partial charge in [0.05, 0.1) is 12.6 Å². The highest BCUT2D eigenvalue weighted by atomic mass is 16.5. The van der Waals surface area contributed by atoms with Crippen LogP contribution in [0.15, 0.2) is 36.5 Å². The van der Waals surface area contributed by atoms with Crippen molar-refractivity contribution < 1.29 is 4.74 Å². The molecule has 2 heterocycles. The van der Waals surface area contributed by atoms with Crippen LogP contribution in [-0.2, 0) is 0 Å². The summed E-state index contributed by atoms with van der Waals surface area (Å²) in [5, 5.41) is 0. The van der Waals surface area contributed by atoms with Gasteiger partial charge in [-0.25, -0.2) is 9.97 Å². The molecule has 1 aliphatic heterocycles. The number of hydrogen-bond acceptors (Lipinski definition) is 4. The second kappa shape index (κ2) is 4.88. The van der Waals surface area contributed by atoms with E-state index >= 15 is 0 Å². The molecular formula is C15H17N3O. The summed E-state index contributed by atoms with van der Waals surface area (Å²) in [5.74, 6) is 2.73. The van der Waals surface area contributed by atoms with E-state index in [0.717, 1.165) is 23.9 Å². The van der Waals surface area contributed by atoms with Crippen molar-refractivity contribution in [2.45, 2.75) is 19.9 Å². The van der Waals surface area contributed by atoms with E-state index in [1.54, 1.807) is 0 Å². The number of aromatic nitrogens is 2. The molecule has 4 nitrogen and oxygen atoms in total. The van der Waals surface area contributed by atoms with Gasteiger partial charge >= 0.3 is 0 Å². The van der Waals surface area contributed by atoms with Crippen LogP contribution in [0.25, 0.3) is 0 Å². The molecule has 0 spiro atoms. The summed E-state index contributed by atoms with van der Waals surface area (Å²) in [7, 11) is 0. The van der Waals surface area contributed by atoms with Crippen LogP contribution in [0.4, 0.5) is 5.82 Å². The lowest BCUT2D eigenvalue weighted by molar-refractivity contribution is 0.331. The maximum absolute atomic E-state index is 5.82. The summed E-state index contributed by atoms with van der Waals surface area (Å²) in [6, 6.07) is 10.4. The van der Waals surface area contributed by atoms with E-state index in [0.29, 0.717) is 6.61 Å². The lowest BCUT2D eigenvalue weighted by Gasteiger charge is -2.28. The molecule has 0 bridgehead atoms. The van der Waals surface area contributed by atoms with E-state index in [-0.39, 0.29) is 6.04 Å². The van der Waals surface area contributed by atoms with Gasteiger partial charge < -0.3 is 9.64 Å². The normalized spacial score (nSPS) is 18.4. The Kier molecular flexibility index (Phi) is 3.07. The summed E-state index contributed by atoms with van der Waals surface area (Å²) in [5.41, 5.74) is 1.20. The van der Waals surface area contributed by atoms with Gasteiger partial charge in [0.2, 0.25) is 0 Å². The molecule has 1 atom stereocenters. The summed E-state index contributed by atoms with van der Waals surface area (Å²) < 4.78 is 5.82. The number of rotatable bonds is 1. The number of benzene rings is 1. The number of aryl methyl sites for hydroxylation is 1. The van der Waals surface area contributed by atoms with Crippen molar-refractivity contribution >= 4 is 5.82 Å². The SMILES string of the molecule is Cc1nccc(N2CCOc3ccccc3C2C)n1. The zero-order chi connectivity index (χ0) is 13.2. The first-order chi connectivity index (χ1) is 9.25. The van der Waals surface area contributed by atoms with E-state index < -0.39 is 0 Å². The van der Waals surface area contributed by atoms with Crippen LogP contribution in [0.5, 0.6) is 5.75 Å². The molecular weight excluding hydrogens is 238 g/mol. The molecule has 1 unspecified atom stereocenters. The van der Waals surface area contributed by atoms with Crippen LogP contribution in [-0.4, -0.2) is 23.1 Å². The maximum Gasteiger partial charge on any atom is 0.132 e. The Labute approximate surface area is 113 Å². The molecule has 0 aliphatic carbocycles. The Morgan fingerprint density at radius 3 is 2.95 bits per heavy atom. The smallest absolute Gasteiger partial charge is 0.132 e. The molecule has 0 amide bonds. The summed E-state index contributed by atoms with van der Waals surface area (Å²) >= 11 is 0. The topological polar surface area (TPSA) is 38.2 Å². The lowest BCUT2D eigenvalue weighted by atomic mass is 10.1. The Balaban J connectivity index is 2.00. The van der Waals surface area contributed by atoms with Gasteiger partial charge in [-0.05, 0) is 26.0 Å². The largest absolute Gasteiger partial charge is 0.491 e. The third-order valence-electron chi connectivity index (χ3n) is 3.48. The predicted molar refractivity (Wildman–Crippen MR) is 74.5 cm³/mol. The highest BCUT2D eigenvalue weighted by Crippen LogP contribution is 2.33. The molecule has 0 fully saturated rings.